The van der Waals surface area contributed by atoms with Crippen LogP contribution in [0.25, 0.3) is 0 Å². The largest absolute Gasteiger partial charge is 0.265 e. The number of nitrogens with zero attached hydrogens (tertiary/aromatic N) is 1. The SMILES string of the molecule is B.[HH].c1ccncc1. The fourth-order valence-electron chi connectivity index (χ4n) is 0.313. The Bertz CT molecular complexity index is 84.4. The van der Waals surface area contributed by atoms with Gasteiger partial charge in [-0.05, 0) is 12.1 Å². The maximum atomic E-state index is 3.78. The predicted molar refractivity (Wildman–Crippen MR) is 36.3 cm³/mol. The first-order valence-electron chi connectivity index (χ1n) is 1.85. The molecule has 0 bridgehead atoms. The van der Waals surface area contributed by atoms with Gasteiger partial charge in [0.05, 0.1) is 8.41 Å². The molecule has 0 saturated carbocycles. The van der Waals surface area contributed by atoms with E-state index < -0.39 is 0 Å². The fraction of sp³-hybridized carbons (Fsp3) is 0. The minimum atomic E-state index is 0. The smallest absolute Gasteiger partial charge is 0.0814 e. The van der Waals surface area contributed by atoms with Crippen LogP contribution < -0.4 is 0 Å². The lowest BCUT2D eigenvalue weighted by molar-refractivity contribution is 1.33. The summed E-state index contributed by atoms with van der Waals surface area (Å²) in [6, 6.07) is 5.72. The van der Waals surface area contributed by atoms with Gasteiger partial charge in [0, 0.05) is 13.8 Å². The molecule has 0 unspecified atom stereocenters. The maximum absolute atomic E-state index is 3.78. The van der Waals surface area contributed by atoms with Crippen LogP contribution in [0, 0.1) is 0 Å². The Morgan fingerprint density at radius 2 is 1.57 bits per heavy atom. The second kappa shape index (κ2) is 3.41. The maximum Gasteiger partial charge on any atom is 0.0814 e. The van der Waals surface area contributed by atoms with Crippen molar-refractivity contribution in [3.63, 3.8) is 0 Å². The van der Waals surface area contributed by atoms with Crippen LogP contribution in [-0.4, -0.2) is 13.4 Å². The first-order valence-corrected chi connectivity index (χ1v) is 1.85. The molecule has 1 heterocycles. The number of aromatic nitrogens is 1. The molecule has 0 aliphatic heterocycles. The third-order valence-corrected chi connectivity index (χ3v) is 0.566. The molecule has 0 aromatic carbocycles. The first kappa shape index (κ1) is 6.21. The molecule has 0 saturated heterocycles. The summed E-state index contributed by atoms with van der Waals surface area (Å²) in [7, 11) is 0. The van der Waals surface area contributed by atoms with Crippen LogP contribution in [0.3, 0.4) is 0 Å². The second-order valence-corrected chi connectivity index (χ2v) is 1.02. The highest BCUT2D eigenvalue weighted by molar-refractivity contribution is 5.75. The quantitative estimate of drug-likeness (QED) is 0.418. The third kappa shape index (κ3) is 1.98. The summed E-state index contributed by atoms with van der Waals surface area (Å²) in [5.41, 5.74) is 0. The van der Waals surface area contributed by atoms with Crippen LogP contribution in [0.5, 0.6) is 0 Å². The Balaban J connectivity index is 0. The average molecular weight is 95.0 g/mol. The molecular weight excluding hydrogens is 84.9 g/mol. The predicted octanol–water partition coefficient (Wildman–Crippen LogP) is 0.144. The van der Waals surface area contributed by atoms with E-state index in [0.29, 0.717) is 0 Å². The molecule has 0 aliphatic rings. The van der Waals surface area contributed by atoms with Crippen molar-refractivity contribution in [1.82, 2.24) is 4.98 Å². The first-order chi connectivity index (χ1) is 3.00. The lowest BCUT2D eigenvalue weighted by atomic mass is 10.5. The van der Waals surface area contributed by atoms with Gasteiger partial charge in [0.1, 0.15) is 0 Å². The Labute approximate surface area is 46.5 Å². The minimum Gasteiger partial charge on any atom is -0.265 e. The Kier molecular flexibility index (Phi) is 3.02. The monoisotopic (exact) mass is 95.1 g/mol. The van der Waals surface area contributed by atoms with Crippen LogP contribution >= 0.6 is 0 Å². The Morgan fingerprint density at radius 1 is 1.00 bits per heavy atom. The molecular formula is C5H10BN. The van der Waals surface area contributed by atoms with E-state index >= 15 is 0 Å². The summed E-state index contributed by atoms with van der Waals surface area (Å²) in [6.07, 6.45) is 3.50. The summed E-state index contributed by atoms with van der Waals surface area (Å²) in [6.45, 7) is 0. The standard InChI is InChI=1S/C5H5N.BH3.H2/c1-2-4-6-5-3-1;;/h1-5H;1H3;1H. The number of pyridine rings is 1. The van der Waals surface area contributed by atoms with Crippen molar-refractivity contribution in [3.8, 4) is 0 Å². The number of rotatable bonds is 0. The van der Waals surface area contributed by atoms with Gasteiger partial charge < -0.3 is 0 Å². The van der Waals surface area contributed by atoms with E-state index in [4.69, 9.17) is 0 Å². The molecule has 1 nitrogen and oxygen atoms in total. The van der Waals surface area contributed by atoms with Crippen molar-refractivity contribution >= 4 is 8.41 Å². The van der Waals surface area contributed by atoms with Crippen LogP contribution in [0.15, 0.2) is 30.6 Å². The molecule has 2 heteroatoms. The molecule has 38 valence electrons. The highest BCUT2D eigenvalue weighted by atomic mass is 14.6. The summed E-state index contributed by atoms with van der Waals surface area (Å²) in [5, 5.41) is 0. The van der Waals surface area contributed by atoms with Crippen molar-refractivity contribution in [3.05, 3.63) is 30.6 Å². The third-order valence-electron chi connectivity index (χ3n) is 0.566. The van der Waals surface area contributed by atoms with Gasteiger partial charge in [-0.15, -0.1) is 0 Å². The van der Waals surface area contributed by atoms with E-state index in [0.717, 1.165) is 0 Å². The molecule has 0 amide bonds. The topological polar surface area (TPSA) is 12.9 Å². The van der Waals surface area contributed by atoms with Gasteiger partial charge in [0.25, 0.3) is 0 Å². The summed E-state index contributed by atoms with van der Waals surface area (Å²) in [4.78, 5) is 3.78. The molecule has 1 rings (SSSR count). The average Bonchev–Trinajstić information content (AvgIpc) is 1.72. The van der Waals surface area contributed by atoms with Crippen LogP contribution in [0.1, 0.15) is 1.43 Å². The van der Waals surface area contributed by atoms with E-state index in [1.165, 1.54) is 0 Å². The van der Waals surface area contributed by atoms with Gasteiger partial charge in [0.2, 0.25) is 0 Å². The van der Waals surface area contributed by atoms with Crippen LogP contribution in [0.4, 0.5) is 0 Å². The molecule has 0 N–H and O–H groups in total. The van der Waals surface area contributed by atoms with Crippen molar-refractivity contribution in [2.24, 2.45) is 0 Å². The summed E-state index contributed by atoms with van der Waals surface area (Å²) < 4.78 is 0. The lowest BCUT2D eigenvalue weighted by Gasteiger charge is -1.70. The summed E-state index contributed by atoms with van der Waals surface area (Å²) in [5.74, 6) is 0. The van der Waals surface area contributed by atoms with Crippen molar-refractivity contribution < 1.29 is 1.43 Å². The van der Waals surface area contributed by atoms with E-state index in [9.17, 15) is 0 Å². The molecule has 1 aromatic heterocycles. The van der Waals surface area contributed by atoms with Gasteiger partial charge in [0.15, 0.2) is 0 Å². The zero-order valence-corrected chi connectivity index (χ0v) is 3.33. The minimum absolute atomic E-state index is 0. The van der Waals surface area contributed by atoms with Gasteiger partial charge >= 0.3 is 0 Å². The zero-order valence-electron chi connectivity index (χ0n) is 3.33. The Morgan fingerprint density at radius 3 is 1.71 bits per heavy atom. The van der Waals surface area contributed by atoms with E-state index in [1.54, 1.807) is 12.4 Å². The van der Waals surface area contributed by atoms with Gasteiger partial charge in [-0.3, -0.25) is 4.98 Å². The molecule has 0 aliphatic carbocycles. The van der Waals surface area contributed by atoms with E-state index in [2.05, 4.69) is 4.98 Å². The van der Waals surface area contributed by atoms with Gasteiger partial charge in [-0.25, -0.2) is 0 Å². The van der Waals surface area contributed by atoms with Crippen molar-refractivity contribution in [2.75, 3.05) is 0 Å². The fourth-order valence-corrected chi connectivity index (χ4v) is 0.313. The Hall–Kier alpha value is -0.785. The molecule has 0 fully saturated rings. The molecule has 7 heavy (non-hydrogen) atoms. The highest BCUT2D eigenvalue weighted by Crippen LogP contribution is 1.73. The van der Waals surface area contributed by atoms with E-state index in [-0.39, 0.29) is 9.84 Å². The second-order valence-electron chi connectivity index (χ2n) is 1.02. The van der Waals surface area contributed by atoms with Gasteiger partial charge in [-0.1, -0.05) is 6.07 Å². The van der Waals surface area contributed by atoms with Crippen LogP contribution in [-0.2, 0) is 0 Å². The van der Waals surface area contributed by atoms with Crippen LogP contribution in [0.2, 0.25) is 0 Å². The highest BCUT2D eigenvalue weighted by Gasteiger charge is 1.58. The van der Waals surface area contributed by atoms with Crippen molar-refractivity contribution in [2.45, 2.75) is 0 Å². The summed E-state index contributed by atoms with van der Waals surface area (Å²) >= 11 is 0. The number of hydrogen-bond donors (Lipinski definition) is 0. The molecule has 0 spiro atoms. The molecule has 0 atom stereocenters. The molecule has 0 radical (unpaired) electrons. The number of hydrogen-bond acceptors (Lipinski definition) is 1. The normalized spacial score (nSPS) is 6.86. The zero-order chi connectivity index (χ0) is 4.24. The lowest BCUT2D eigenvalue weighted by Crippen LogP contribution is -1.58. The van der Waals surface area contributed by atoms with Gasteiger partial charge in [-0.2, -0.15) is 0 Å². The van der Waals surface area contributed by atoms with E-state index in [1.807, 2.05) is 18.2 Å². The van der Waals surface area contributed by atoms with Crippen molar-refractivity contribution in [1.29, 1.82) is 0 Å². The molecule has 1 aromatic rings.